The van der Waals surface area contributed by atoms with E-state index in [4.69, 9.17) is 0 Å². The Balaban J connectivity index is -0.0000000584. The van der Waals surface area contributed by atoms with E-state index in [-0.39, 0.29) is 34.7 Å². The Morgan fingerprint density at radius 2 is 0.295 bits per heavy atom. The molecule has 0 aromatic heterocycles. The summed E-state index contributed by atoms with van der Waals surface area (Å²) in [7, 11) is -17.4. The van der Waals surface area contributed by atoms with Crippen LogP contribution < -0.4 is 29.4 Å². The number of hydrogen-bond acceptors (Lipinski definition) is 12. The third-order valence-electron chi connectivity index (χ3n) is 5.78. The molecule has 0 fully saturated rings. The molecule has 0 bridgehead atoms. The molecule has 0 aliphatic heterocycles. The zero-order chi connectivity index (χ0) is 35.5. The zero-order valence-electron chi connectivity index (χ0n) is 29.2. The van der Waals surface area contributed by atoms with E-state index in [0.717, 1.165) is 0 Å². The van der Waals surface area contributed by atoms with Crippen molar-refractivity contribution in [3.05, 3.63) is 0 Å². The van der Waals surface area contributed by atoms with Crippen LogP contribution in [0.2, 0.25) is 0 Å². The molecule has 0 N–H and O–H groups in total. The van der Waals surface area contributed by atoms with Crippen LogP contribution in [0.15, 0.2) is 0 Å². The number of hydrogen-bond donors (Lipinski definition) is 0. The van der Waals surface area contributed by atoms with Gasteiger partial charge < -0.3 is 56.8 Å². The minimum absolute atomic E-state index is 0. The van der Waals surface area contributed by atoms with Crippen molar-refractivity contribution in [2.24, 2.45) is 0 Å². The van der Waals surface area contributed by atoms with Gasteiger partial charge in [0.25, 0.3) is 0 Å². The first-order chi connectivity index (χ1) is 18.7. The molecule has 0 atom stereocenters. The molecule has 0 aromatic rings. The summed E-state index contributed by atoms with van der Waals surface area (Å²) >= 11 is 0. The Hall–Kier alpha value is 2.20. The van der Waals surface area contributed by atoms with Gasteiger partial charge >= 0.3 is 34.7 Å². The molecule has 0 aromatic carbocycles. The maximum Gasteiger partial charge on any atom is 3.00 e. The van der Waals surface area contributed by atoms with Gasteiger partial charge in [-0.1, -0.05) is 83.1 Å². The van der Waals surface area contributed by atoms with Gasteiger partial charge in [0, 0.05) is 44.2 Å². The third-order valence-corrected chi connectivity index (χ3v) is 17.3. The molecule has 0 heterocycles. The normalized spacial score (nSPS) is 11.3. The van der Waals surface area contributed by atoms with Gasteiger partial charge in [-0.2, -0.15) is 0 Å². The van der Waals surface area contributed by atoms with Crippen molar-refractivity contribution >= 4 is 78.9 Å². The summed E-state index contributed by atoms with van der Waals surface area (Å²) in [6, 6.07) is 0. The van der Waals surface area contributed by atoms with Crippen LogP contribution in [0.3, 0.4) is 0 Å². The molecule has 0 radical (unpaired) electrons. The summed E-state index contributed by atoms with van der Waals surface area (Å²) in [5.74, 6) is 0. The maximum atomic E-state index is 10.4. The first-order valence-corrected chi connectivity index (χ1v) is 26.4. The quantitative estimate of drug-likeness (QED) is 0.205. The van der Waals surface area contributed by atoms with Crippen molar-refractivity contribution in [3.8, 4) is 0 Å². The molecule has 44 heavy (non-hydrogen) atoms. The second-order valence-electron chi connectivity index (χ2n) is 8.68. The molecule has 0 spiro atoms. The van der Waals surface area contributed by atoms with Gasteiger partial charge in [0.2, 0.25) is 0 Å². The molecule has 0 aliphatic rings. The second-order valence-corrected chi connectivity index (χ2v) is 26.0. The monoisotopic (exact) mass is 780 g/mol. The average Bonchev–Trinajstić information content (AvgIpc) is 2.98. The topological polar surface area (TPSA) is 241 Å². The van der Waals surface area contributed by atoms with Gasteiger partial charge in [-0.15, -0.1) is 0 Å². The zero-order valence-corrected chi connectivity index (χ0v) is 36.9. The van der Waals surface area contributed by atoms with E-state index in [0.29, 0.717) is 73.9 Å². The molecule has 0 unspecified atom stereocenters. The SMILES string of the molecule is CCP(=O)([O-])CC.CCP(=O)([O-])CC.CCP(=O)([O-])CC.CCP(=O)([O-])CC.CCP(=O)([O-])CC.CCP(=O)([O-])CC.[Al+3].[Al+3]. The average molecular weight is 781 g/mol. The van der Waals surface area contributed by atoms with Crippen molar-refractivity contribution in [1.29, 1.82) is 0 Å². The van der Waals surface area contributed by atoms with E-state index in [1.807, 2.05) is 0 Å². The van der Waals surface area contributed by atoms with Crippen LogP contribution in [-0.2, 0) is 27.4 Å². The Bertz CT molecular complexity index is 688. The van der Waals surface area contributed by atoms with Crippen LogP contribution in [0.1, 0.15) is 83.1 Å². The summed E-state index contributed by atoms with van der Waals surface area (Å²) in [4.78, 5) is 62.4. The van der Waals surface area contributed by atoms with E-state index in [1.54, 1.807) is 83.1 Å². The molecular formula is C24H60Al2O12P6. The molecule has 0 aliphatic carbocycles. The first-order valence-electron chi connectivity index (χ1n) is 14.5. The van der Waals surface area contributed by atoms with Gasteiger partial charge in [-0.05, 0) is 73.9 Å². The van der Waals surface area contributed by atoms with Crippen molar-refractivity contribution in [3.63, 3.8) is 0 Å². The predicted octanol–water partition coefficient (Wildman–Crippen LogP) is 3.23. The fourth-order valence-corrected chi connectivity index (χ4v) is 4.02. The summed E-state index contributed by atoms with van der Waals surface area (Å²) in [6.07, 6.45) is 3.54. The van der Waals surface area contributed by atoms with Crippen molar-refractivity contribution < 1.29 is 56.8 Å². The maximum absolute atomic E-state index is 10.4. The van der Waals surface area contributed by atoms with Gasteiger partial charge in [0.05, 0.1) is 0 Å². The predicted molar refractivity (Wildman–Crippen MR) is 184 cm³/mol. The van der Waals surface area contributed by atoms with Crippen LogP contribution in [-0.4, -0.2) is 109 Å². The van der Waals surface area contributed by atoms with Gasteiger partial charge in [0.15, 0.2) is 0 Å². The van der Waals surface area contributed by atoms with Gasteiger partial charge in [0.1, 0.15) is 0 Å². The van der Waals surface area contributed by atoms with E-state index in [9.17, 15) is 56.8 Å². The van der Waals surface area contributed by atoms with Gasteiger partial charge in [-0.3, -0.25) is 0 Å². The van der Waals surface area contributed by atoms with E-state index in [1.165, 1.54) is 0 Å². The third kappa shape index (κ3) is 56.5. The van der Waals surface area contributed by atoms with Crippen LogP contribution in [0.4, 0.5) is 0 Å². The molecule has 0 amide bonds. The molecule has 264 valence electrons. The fourth-order valence-electron chi connectivity index (χ4n) is 1.34. The van der Waals surface area contributed by atoms with Crippen LogP contribution in [0, 0.1) is 0 Å². The first kappa shape index (κ1) is 64.7. The summed E-state index contributed by atoms with van der Waals surface area (Å²) in [6.45, 7) is 20.0. The van der Waals surface area contributed by atoms with Crippen molar-refractivity contribution in [2.45, 2.75) is 83.1 Å². The minimum atomic E-state index is -2.90. The molecular weight excluding hydrogens is 720 g/mol. The molecule has 0 rings (SSSR count). The Morgan fingerprint density at radius 3 is 0.295 bits per heavy atom. The van der Waals surface area contributed by atoms with E-state index in [2.05, 4.69) is 0 Å². The standard InChI is InChI=1S/6C4H11O2P.2Al/c6*1-3-7(5,6)4-2;;/h6*3-4H2,1-2H3,(H,5,6);;/q;;;;;;2*+3/p-6. The van der Waals surface area contributed by atoms with Gasteiger partial charge in [-0.25, -0.2) is 0 Å². The Kier molecular flexibility index (Phi) is 51.5. The Morgan fingerprint density at radius 1 is 0.250 bits per heavy atom. The largest absolute Gasteiger partial charge is 3.00 e. The fraction of sp³-hybridized carbons (Fsp3) is 1.00. The summed E-state index contributed by atoms with van der Waals surface area (Å²) in [5, 5.41) is 0. The Labute approximate surface area is 291 Å². The summed E-state index contributed by atoms with van der Waals surface area (Å²) in [5.41, 5.74) is 0. The molecule has 0 saturated carbocycles. The molecule has 0 saturated heterocycles. The minimum Gasteiger partial charge on any atom is -0.799 e. The van der Waals surface area contributed by atoms with E-state index < -0.39 is 44.2 Å². The molecule has 12 nitrogen and oxygen atoms in total. The summed E-state index contributed by atoms with van der Waals surface area (Å²) < 4.78 is 62.4. The smallest absolute Gasteiger partial charge is 0.799 e. The second kappa shape index (κ2) is 35.0. The van der Waals surface area contributed by atoms with Crippen LogP contribution >= 0.6 is 44.2 Å². The van der Waals surface area contributed by atoms with Crippen molar-refractivity contribution in [2.75, 3.05) is 73.9 Å². The number of rotatable bonds is 12. The molecule has 20 heteroatoms. The van der Waals surface area contributed by atoms with E-state index >= 15 is 0 Å². The van der Waals surface area contributed by atoms with Crippen molar-refractivity contribution in [1.82, 2.24) is 0 Å². The van der Waals surface area contributed by atoms with Crippen LogP contribution in [0.25, 0.3) is 0 Å². The van der Waals surface area contributed by atoms with Crippen LogP contribution in [0.5, 0.6) is 0 Å².